The summed E-state index contributed by atoms with van der Waals surface area (Å²) < 4.78 is 1.75. The fraction of sp³-hybridized carbons (Fsp3) is 0.381. The molecule has 0 fully saturated rings. The van der Waals surface area contributed by atoms with E-state index in [1.807, 2.05) is 37.3 Å². The number of rotatable bonds is 6. The van der Waals surface area contributed by atoms with E-state index in [1.165, 1.54) is 22.2 Å². The van der Waals surface area contributed by atoms with Crippen LogP contribution < -0.4 is 10.9 Å². The van der Waals surface area contributed by atoms with Crippen molar-refractivity contribution in [1.82, 2.24) is 9.55 Å². The van der Waals surface area contributed by atoms with Crippen LogP contribution in [0.1, 0.15) is 37.1 Å². The molecule has 0 bridgehead atoms. The Morgan fingerprint density at radius 2 is 2.11 bits per heavy atom. The molecule has 0 saturated heterocycles. The molecule has 1 N–H and O–H groups in total. The molecule has 0 radical (unpaired) electrons. The van der Waals surface area contributed by atoms with Crippen molar-refractivity contribution in [2.24, 2.45) is 0 Å². The zero-order valence-corrected chi connectivity index (χ0v) is 17.7. The summed E-state index contributed by atoms with van der Waals surface area (Å²) in [6.45, 7) is 4.51. The second kappa shape index (κ2) is 8.09. The summed E-state index contributed by atoms with van der Waals surface area (Å²) >= 11 is 3.00. The summed E-state index contributed by atoms with van der Waals surface area (Å²) in [7, 11) is 0. The Morgan fingerprint density at radius 3 is 2.86 bits per heavy atom. The third-order valence-electron chi connectivity index (χ3n) is 4.93. The summed E-state index contributed by atoms with van der Waals surface area (Å²) in [6.07, 6.45) is 3.98. The van der Waals surface area contributed by atoms with Crippen molar-refractivity contribution in [3.8, 4) is 0 Å². The Labute approximate surface area is 172 Å². The second-order valence-corrected chi connectivity index (χ2v) is 9.40. The first-order valence-corrected chi connectivity index (χ1v) is 11.4. The molecule has 2 aromatic heterocycles. The molecule has 2 heterocycles. The van der Waals surface area contributed by atoms with Crippen LogP contribution in [0.4, 0.5) is 5.69 Å². The maximum absolute atomic E-state index is 13.2. The zero-order valence-electron chi connectivity index (χ0n) is 16.0. The van der Waals surface area contributed by atoms with Gasteiger partial charge in [0.2, 0.25) is 5.91 Å². The monoisotopic (exact) mass is 413 g/mol. The molecular weight excluding hydrogens is 390 g/mol. The van der Waals surface area contributed by atoms with Crippen LogP contribution in [0.15, 0.2) is 40.3 Å². The maximum Gasteiger partial charge on any atom is 0.263 e. The minimum Gasteiger partial charge on any atom is -0.325 e. The molecule has 146 valence electrons. The van der Waals surface area contributed by atoms with Gasteiger partial charge in [0.05, 0.1) is 10.6 Å². The van der Waals surface area contributed by atoms with E-state index in [-0.39, 0.29) is 16.7 Å². The third kappa shape index (κ3) is 3.61. The number of hydrogen-bond donors (Lipinski definition) is 1. The molecule has 0 saturated carbocycles. The molecule has 7 heteroatoms. The molecule has 4 rings (SSSR count). The number of carbonyl (C=O) groups excluding carboxylic acids is 1. The van der Waals surface area contributed by atoms with Gasteiger partial charge in [0.15, 0.2) is 5.16 Å². The number of nitrogens with one attached hydrogen (secondary N) is 1. The summed E-state index contributed by atoms with van der Waals surface area (Å²) in [4.78, 5) is 32.8. The molecule has 28 heavy (non-hydrogen) atoms. The summed E-state index contributed by atoms with van der Waals surface area (Å²) in [5, 5.41) is 4.00. The molecule has 0 aliphatic heterocycles. The SMILES string of the molecule is CCCn1c(SC(C)C(=O)Nc2ccccc2)nc2sc3c(c2c1=O)CCC3. The number of thiophene rings is 1. The van der Waals surface area contributed by atoms with Crippen molar-refractivity contribution >= 4 is 44.9 Å². The molecule has 5 nitrogen and oxygen atoms in total. The summed E-state index contributed by atoms with van der Waals surface area (Å²) in [6, 6.07) is 9.41. The van der Waals surface area contributed by atoms with Crippen molar-refractivity contribution in [1.29, 1.82) is 0 Å². The van der Waals surface area contributed by atoms with Gasteiger partial charge in [-0.2, -0.15) is 0 Å². The van der Waals surface area contributed by atoms with Crippen LogP contribution in [0.25, 0.3) is 10.2 Å². The summed E-state index contributed by atoms with van der Waals surface area (Å²) in [5.41, 5.74) is 2.02. The minimum absolute atomic E-state index is 0.0458. The first-order valence-electron chi connectivity index (χ1n) is 9.66. The van der Waals surface area contributed by atoms with E-state index >= 15 is 0 Å². The third-order valence-corrected chi connectivity index (χ3v) is 7.21. The standard InChI is InChI=1S/C21H23N3O2S2/c1-3-12-24-20(26)17-15-10-7-11-16(15)28-19(17)23-21(24)27-13(2)18(25)22-14-8-5-4-6-9-14/h4-6,8-9,13H,3,7,10-12H2,1-2H3,(H,22,25). The number of carbonyl (C=O) groups is 1. The number of thioether (sulfide) groups is 1. The lowest BCUT2D eigenvalue weighted by Crippen LogP contribution is -2.27. The Bertz CT molecular complexity index is 1070. The van der Waals surface area contributed by atoms with E-state index < -0.39 is 0 Å². The lowest BCUT2D eigenvalue weighted by molar-refractivity contribution is -0.115. The van der Waals surface area contributed by atoms with Crippen LogP contribution >= 0.6 is 23.1 Å². The van der Waals surface area contributed by atoms with Gasteiger partial charge >= 0.3 is 0 Å². The highest BCUT2D eigenvalue weighted by Crippen LogP contribution is 2.36. The first-order chi connectivity index (χ1) is 13.6. The van der Waals surface area contributed by atoms with Crippen LogP contribution in [0.3, 0.4) is 0 Å². The van der Waals surface area contributed by atoms with E-state index in [4.69, 9.17) is 4.98 Å². The van der Waals surface area contributed by atoms with Gasteiger partial charge in [-0.1, -0.05) is 36.9 Å². The number of aryl methyl sites for hydroxylation is 2. The van der Waals surface area contributed by atoms with Crippen LogP contribution in [-0.2, 0) is 24.2 Å². The molecule has 3 aromatic rings. The van der Waals surface area contributed by atoms with Crippen molar-refractivity contribution in [3.63, 3.8) is 0 Å². The van der Waals surface area contributed by atoms with E-state index in [1.54, 1.807) is 15.9 Å². The molecule has 1 aromatic carbocycles. The number of benzene rings is 1. The van der Waals surface area contributed by atoms with Crippen LogP contribution in [0.2, 0.25) is 0 Å². The predicted molar refractivity (Wildman–Crippen MR) is 117 cm³/mol. The number of fused-ring (bicyclic) bond motifs is 3. The molecule has 1 aliphatic carbocycles. The maximum atomic E-state index is 13.2. The van der Waals surface area contributed by atoms with Gasteiger partial charge in [-0.25, -0.2) is 4.98 Å². The number of hydrogen-bond acceptors (Lipinski definition) is 5. The lowest BCUT2D eigenvalue weighted by Gasteiger charge is -2.15. The lowest BCUT2D eigenvalue weighted by atomic mass is 10.2. The molecule has 1 amide bonds. The van der Waals surface area contributed by atoms with Crippen LogP contribution in [0, 0.1) is 0 Å². The minimum atomic E-state index is -0.362. The predicted octanol–water partition coefficient (Wildman–Crippen LogP) is 4.48. The van der Waals surface area contributed by atoms with Crippen molar-refractivity contribution in [2.75, 3.05) is 5.32 Å². The Hall–Kier alpha value is -2.12. The highest BCUT2D eigenvalue weighted by molar-refractivity contribution is 8.00. The first kappa shape index (κ1) is 19.2. The molecule has 0 spiro atoms. The Morgan fingerprint density at radius 1 is 1.32 bits per heavy atom. The van der Waals surface area contributed by atoms with E-state index in [0.717, 1.165) is 41.6 Å². The van der Waals surface area contributed by atoms with Gasteiger partial charge < -0.3 is 5.32 Å². The highest BCUT2D eigenvalue weighted by Gasteiger charge is 2.25. The van der Waals surface area contributed by atoms with E-state index in [2.05, 4.69) is 12.2 Å². The van der Waals surface area contributed by atoms with Crippen LogP contribution in [-0.4, -0.2) is 20.7 Å². The van der Waals surface area contributed by atoms with Crippen molar-refractivity contribution in [2.45, 2.75) is 56.5 Å². The number of aromatic nitrogens is 2. The average Bonchev–Trinajstić information content (AvgIpc) is 3.26. The van der Waals surface area contributed by atoms with Gasteiger partial charge in [-0.3, -0.25) is 14.2 Å². The fourth-order valence-electron chi connectivity index (χ4n) is 3.55. The number of amides is 1. The van der Waals surface area contributed by atoms with Gasteiger partial charge in [-0.15, -0.1) is 11.3 Å². The van der Waals surface area contributed by atoms with Gasteiger partial charge in [0, 0.05) is 17.1 Å². The topological polar surface area (TPSA) is 64.0 Å². The number of para-hydroxylation sites is 1. The average molecular weight is 414 g/mol. The largest absolute Gasteiger partial charge is 0.325 e. The van der Waals surface area contributed by atoms with Gasteiger partial charge in [0.1, 0.15) is 4.83 Å². The molecule has 1 unspecified atom stereocenters. The zero-order chi connectivity index (χ0) is 19.7. The van der Waals surface area contributed by atoms with Crippen LogP contribution in [0.5, 0.6) is 0 Å². The Balaban J connectivity index is 1.65. The van der Waals surface area contributed by atoms with Gasteiger partial charge in [-0.05, 0) is 50.3 Å². The number of nitrogens with zero attached hydrogens (tertiary/aromatic N) is 2. The van der Waals surface area contributed by atoms with Crippen molar-refractivity contribution in [3.05, 3.63) is 51.1 Å². The highest BCUT2D eigenvalue weighted by atomic mass is 32.2. The number of anilines is 1. The second-order valence-electron chi connectivity index (χ2n) is 7.00. The molecule has 1 aliphatic rings. The molecule has 1 atom stereocenters. The molecular formula is C21H23N3O2S2. The normalized spacial score (nSPS) is 14.2. The summed E-state index contributed by atoms with van der Waals surface area (Å²) in [5.74, 6) is -0.0951. The smallest absolute Gasteiger partial charge is 0.263 e. The Kier molecular flexibility index (Phi) is 5.55. The van der Waals surface area contributed by atoms with E-state index in [0.29, 0.717) is 11.7 Å². The van der Waals surface area contributed by atoms with E-state index in [9.17, 15) is 9.59 Å². The van der Waals surface area contributed by atoms with Gasteiger partial charge in [0.25, 0.3) is 5.56 Å². The quantitative estimate of drug-likeness (QED) is 0.478. The fourth-order valence-corrected chi connectivity index (χ4v) is 5.78. The van der Waals surface area contributed by atoms with Crippen molar-refractivity contribution < 1.29 is 4.79 Å².